The minimum atomic E-state index is -0.0670. The first-order valence-electron chi connectivity index (χ1n) is 10.7. The molecule has 6 heteroatoms. The molecule has 5 rings (SSSR count). The highest BCUT2D eigenvalue weighted by Gasteiger charge is 2.42. The summed E-state index contributed by atoms with van der Waals surface area (Å²) < 4.78 is 2.21. The lowest BCUT2D eigenvalue weighted by Gasteiger charge is -2.28. The number of hydrogen-bond acceptors (Lipinski definition) is 3. The summed E-state index contributed by atoms with van der Waals surface area (Å²) in [5, 5.41) is 4.25. The van der Waals surface area contributed by atoms with Crippen LogP contribution < -0.4 is 10.2 Å². The highest BCUT2D eigenvalue weighted by molar-refractivity contribution is 7.80. The average Bonchev–Trinajstić information content (AvgIpc) is 3.31. The van der Waals surface area contributed by atoms with Crippen molar-refractivity contribution in [1.82, 2.24) is 19.9 Å². The van der Waals surface area contributed by atoms with Crippen LogP contribution in [-0.4, -0.2) is 19.6 Å². The molecule has 1 aromatic carbocycles. The number of nitrogens with zero attached hydrogens (tertiary/aromatic N) is 4. The number of anilines is 1. The predicted molar refractivity (Wildman–Crippen MR) is 132 cm³/mol. The minimum absolute atomic E-state index is 0.0382. The number of aryl methyl sites for hydroxylation is 2. The van der Waals surface area contributed by atoms with E-state index in [0.717, 1.165) is 28.6 Å². The van der Waals surface area contributed by atoms with Crippen molar-refractivity contribution in [2.24, 2.45) is 0 Å². The zero-order valence-corrected chi connectivity index (χ0v) is 19.2. The fourth-order valence-corrected chi connectivity index (χ4v) is 4.93. The van der Waals surface area contributed by atoms with E-state index < -0.39 is 0 Å². The largest absolute Gasteiger partial charge is 0.351 e. The van der Waals surface area contributed by atoms with Crippen molar-refractivity contribution in [2.45, 2.75) is 32.9 Å². The molecular formula is C26H25N5S. The maximum atomic E-state index is 5.85. The summed E-state index contributed by atoms with van der Waals surface area (Å²) >= 11 is 5.85. The topological polar surface area (TPSA) is 46.0 Å². The van der Waals surface area contributed by atoms with Gasteiger partial charge in [-0.3, -0.25) is 4.98 Å². The summed E-state index contributed by atoms with van der Waals surface area (Å²) in [6, 6.07) is 22.7. The van der Waals surface area contributed by atoms with Crippen LogP contribution in [0.5, 0.6) is 0 Å². The molecule has 4 heterocycles. The summed E-state index contributed by atoms with van der Waals surface area (Å²) in [6.07, 6.45) is 3.66. The van der Waals surface area contributed by atoms with Gasteiger partial charge < -0.3 is 14.8 Å². The third kappa shape index (κ3) is 3.46. The van der Waals surface area contributed by atoms with Gasteiger partial charge in [0, 0.05) is 29.5 Å². The van der Waals surface area contributed by atoms with Gasteiger partial charge in [0.05, 0.1) is 17.8 Å². The molecule has 0 bridgehead atoms. The molecule has 0 radical (unpaired) electrons. The molecule has 160 valence electrons. The third-order valence-corrected chi connectivity index (χ3v) is 6.39. The molecule has 0 amide bonds. The van der Waals surface area contributed by atoms with Gasteiger partial charge in [-0.2, -0.15) is 0 Å². The van der Waals surface area contributed by atoms with Crippen LogP contribution in [0.25, 0.3) is 5.82 Å². The smallest absolute Gasteiger partial charge is 0.174 e. The van der Waals surface area contributed by atoms with Gasteiger partial charge >= 0.3 is 0 Å². The Morgan fingerprint density at radius 3 is 2.25 bits per heavy atom. The molecule has 0 spiro atoms. The van der Waals surface area contributed by atoms with Crippen molar-refractivity contribution in [1.29, 1.82) is 0 Å². The molecule has 1 fully saturated rings. The maximum absolute atomic E-state index is 5.85. The summed E-state index contributed by atoms with van der Waals surface area (Å²) in [5.41, 5.74) is 6.75. The van der Waals surface area contributed by atoms with Crippen LogP contribution in [0, 0.1) is 20.8 Å². The average molecular weight is 440 g/mol. The van der Waals surface area contributed by atoms with Crippen LogP contribution in [0.15, 0.2) is 79.1 Å². The molecule has 1 aliphatic heterocycles. The lowest BCUT2D eigenvalue weighted by atomic mass is 9.96. The Hall–Kier alpha value is -3.51. The number of pyridine rings is 2. The van der Waals surface area contributed by atoms with Gasteiger partial charge in [-0.1, -0.05) is 29.8 Å². The van der Waals surface area contributed by atoms with Gasteiger partial charge in [0.2, 0.25) is 0 Å². The molecule has 1 aliphatic rings. The number of rotatable bonds is 4. The molecule has 3 aromatic heterocycles. The van der Waals surface area contributed by atoms with Gasteiger partial charge in [-0.05, 0) is 81.0 Å². The highest BCUT2D eigenvalue weighted by atomic mass is 32.1. The van der Waals surface area contributed by atoms with Crippen molar-refractivity contribution in [3.05, 3.63) is 107 Å². The number of hydrogen-bond donors (Lipinski definition) is 1. The van der Waals surface area contributed by atoms with Crippen molar-refractivity contribution in [3.63, 3.8) is 0 Å². The van der Waals surface area contributed by atoms with E-state index in [9.17, 15) is 0 Å². The Bertz CT molecular complexity index is 1250. The van der Waals surface area contributed by atoms with Gasteiger partial charge in [-0.15, -0.1) is 0 Å². The van der Waals surface area contributed by atoms with Crippen LogP contribution in [0.4, 0.5) is 5.69 Å². The second kappa shape index (κ2) is 8.20. The molecule has 1 N–H and O–H groups in total. The highest BCUT2D eigenvalue weighted by Crippen LogP contribution is 2.43. The van der Waals surface area contributed by atoms with Crippen LogP contribution in [0.1, 0.15) is 40.3 Å². The minimum Gasteiger partial charge on any atom is -0.351 e. The molecule has 0 aliphatic carbocycles. The number of thiocarbonyl (C=S) groups is 1. The number of benzene rings is 1. The van der Waals surface area contributed by atoms with Gasteiger partial charge in [0.1, 0.15) is 5.82 Å². The predicted octanol–water partition coefficient (Wildman–Crippen LogP) is 5.37. The molecule has 1 saturated heterocycles. The van der Waals surface area contributed by atoms with E-state index in [-0.39, 0.29) is 12.1 Å². The second-order valence-electron chi connectivity index (χ2n) is 8.18. The Labute approximate surface area is 193 Å². The maximum Gasteiger partial charge on any atom is 0.174 e. The second-order valence-corrected chi connectivity index (χ2v) is 8.57. The van der Waals surface area contributed by atoms with Crippen LogP contribution >= 0.6 is 12.2 Å². The van der Waals surface area contributed by atoms with E-state index in [1.165, 1.54) is 11.1 Å². The Kier molecular flexibility index (Phi) is 5.23. The number of nitrogens with one attached hydrogen (secondary N) is 1. The summed E-state index contributed by atoms with van der Waals surface area (Å²) in [5.74, 6) is 0.915. The van der Waals surface area contributed by atoms with Crippen molar-refractivity contribution in [2.75, 3.05) is 4.90 Å². The van der Waals surface area contributed by atoms with Crippen molar-refractivity contribution >= 4 is 23.0 Å². The first-order valence-corrected chi connectivity index (χ1v) is 11.1. The lowest BCUT2D eigenvalue weighted by molar-refractivity contribution is 0.565. The molecular weight excluding hydrogens is 414 g/mol. The van der Waals surface area contributed by atoms with Crippen LogP contribution in [0.2, 0.25) is 0 Å². The molecule has 4 aromatic rings. The molecule has 5 nitrogen and oxygen atoms in total. The van der Waals surface area contributed by atoms with E-state index in [2.05, 4.69) is 81.9 Å². The van der Waals surface area contributed by atoms with E-state index in [0.29, 0.717) is 5.11 Å². The normalized spacial score (nSPS) is 18.1. The first kappa shape index (κ1) is 20.4. The Morgan fingerprint density at radius 1 is 0.875 bits per heavy atom. The van der Waals surface area contributed by atoms with Crippen molar-refractivity contribution < 1.29 is 0 Å². The van der Waals surface area contributed by atoms with Crippen LogP contribution in [-0.2, 0) is 0 Å². The van der Waals surface area contributed by atoms with Gasteiger partial charge in [-0.25, -0.2) is 4.98 Å². The van der Waals surface area contributed by atoms with Crippen molar-refractivity contribution in [3.8, 4) is 5.82 Å². The summed E-state index contributed by atoms with van der Waals surface area (Å²) in [7, 11) is 0. The van der Waals surface area contributed by atoms with Crippen LogP contribution in [0.3, 0.4) is 0 Å². The van der Waals surface area contributed by atoms with Gasteiger partial charge in [0.25, 0.3) is 0 Å². The zero-order valence-electron chi connectivity index (χ0n) is 18.4. The first-order chi connectivity index (χ1) is 15.5. The standard InChI is InChI=1S/C26H25N5S/c1-17-10-12-20(13-11-17)31-25(24(29-26(31)32)22-8-4-6-14-27-22)21-16-18(2)30(19(21)3)23-9-5-7-15-28-23/h4-16,24-25H,1-3H3,(H,29,32). The number of aromatic nitrogens is 3. The van der Waals surface area contributed by atoms with E-state index in [1.54, 1.807) is 0 Å². The molecule has 0 saturated carbocycles. The quantitative estimate of drug-likeness (QED) is 0.433. The van der Waals surface area contributed by atoms with E-state index in [1.807, 2.05) is 42.7 Å². The Balaban J connectivity index is 1.68. The molecule has 2 unspecified atom stereocenters. The summed E-state index contributed by atoms with van der Waals surface area (Å²) in [4.78, 5) is 11.5. The SMILES string of the molecule is Cc1ccc(N2C(=S)NC(c3ccccn3)C2c2cc(C)n(-c3ccccn3)c2C)cc1. The van der Waals surface area contributed by atoms with E-state index >= 15 is 0 Å². The fourth-order valence-electron chi connectivity index (χ4n) is 4.58. The third-order valence-electron chi connectivity index (χ3n) is 6.08. The fraction of sp³-hybridized carbons (Fsp3) is 0.192. The van der Waals surface area contributed by atoms with E-state index in [4.69, 9.17) is 12.2 Å². The Morgan fingerprint density at radius 2 is 1.59 bits per heavy atom. The zero-order chi connectivity index (χ0) is 22.2. The van der Waals surface area contributed by atoms with Gasteiger partial charge in [0.15, 0.2) is 5.11 Å². The monoisotopic (exact) mass is 439 g/mol. The summed E-state index contributed by atoms with van der Waals surface area (Å²) in [6.45, 7) is 6.37. The molecule has 32 heavy (non-hydrogen) atoms. The molecule has 2 atom stereocenters. The lowest BCUT2D eigenvalue weighted by Crippen LogP contribution is -2.29.